The minimum Gasteiger partial charge on any atom is -0.480 e. The van der Waals surface area contributed by atoms with E-state index in [4.69, 9.17) is 0 Å². The van der Waals surface area contributed by atoms with Crippen LogP contribution in [0.15, 0.2) is 57.9 Å². The van der Waals surface area contributed by atoms with Crippen LogP contribution in [0.3, 0.4) is 0 Å². The molecule has 0 spiro atoms. The summed E-state index contributed by atoms with van der Waals surface area (Å²) < 4.78 is 27.6. The predicted molar refractivity (Wildman–Crippen MR) is 86.0 cm³/mol. The van der Waals surface area contributed by atoms with Gasteiger partial charge in [-0.05, 0) is 36.8 Å². The van der Waals surface area contributed by atoms with Crippen LogP contribution in [0, 0.1) is 6.92 Å². The van der Waals surface area contributed by atoms with E-state index in [0.717, 1.165) is 10.0 Å². The molecule has 0 heterocycles. The molecular weight excluding hydrogens is 370 g/mol. The lowest BCUT2D eigenvalue weighted by molar-refractivity contribution is -0.139. The minimum atomic E-state index is -3.92. The Morgan fingerprint density at radius 2 is 1.64 bits per heavy atom. The molecule has 0 aliphatic heterocycles. The van der Waals surface area contributed by atoms with Crippen molar-refractivity contribution in [1.29, 1.82) is 0 Å². The van der Waals surface area contributed by atoms with Gasteiger partial charge in [-0.15, -0.1) is 0 Å². The second-order valence-corrected chi connectivity index (χ2v) is 7.39. The topological polar surface area (TPSA) is 83.5 Å². The lowest BCUT2D eigenvalue weighted by Crippen LogP contribution is -2.33. The highest BCUT2D eigenvalue weighted by Crippen LogP contribution is 2.20. The third-order valence-corrected chi connectivity index (χ3v) is 5.02. The fourth-order valence-electron chi connectivity index (χ4n) is 1.86. The van der Waals surface area contributed by atoms with Crippen molar-refractivity contribution in [2.75, 3.05) is 0 Å². The molecule has 116 valence electrons. The molecule has 0 saturated carbocycles. The van der Waals surface area contributed by atoms with Crippen molar-refractivity contribution in [3.63, 3.8) is 0 Å². The Hall–Kier alpha value is -1.70. The molecule has 0 aliphatic carbocycles. The molecule has 2 aromatic rings. The smallest absolute Gasteiger partial charge is 0.326 e. The van der Waals surface area contributed by atoms with E-state index >= 15 is 0 Å². The molecule has 1 unspecified atom stereocenters. The maximum absolute atomic E-state index is 12.3. The van der Waals surface area contributed by atoms with Crippen molar-refractivity contribution in [1.82, 2.24) is 4.72 Å². The van der Waals surface area contributed by atoms with E-state index in [1.165, 1.54) is 12.1 Å². The fraction of sp³-hybridized carbons (Fsp3) is 0.133. The maximum atomic E-state index is 12.3. The Morgan fingerprint density at radius 3 is 2.14 bits per heavy atom. The van der Waals surface area contributed by atoms with Crippen molar-refractivity contribution in [2.45, 2.75) is 17.9 Å². The Balaban J connectivity index is 2.33. The average Bonchev–Trinajstić information content (AvgIpc) is 2.46. The summed E-state index contributed by atoms with van der Waals surface area (Å²) in [6, 6.07) is 11.3. The number of hydrogen-bond donors (Lipinski definition) is 2. The number of aliphatic carboxylic acids is 1. The van der Waals surface area contributed by atoms with Gasteiger partial charge in [-0.1, -0.05) is 45.8 Å². The third kappa shape index (κ3) is 3.94. The average molecular weight is 384 g/mol. The first-order chi connectivity index (χ1) is 10.3. The molecule has 7 heteroatoms. The summed E-state index contributed by atoms with van der Waals surface area (Å²) in [4.78, 5) is 11.4. The van der Waals surface area contributed by atoms with E-state index in [-0.39, 0.29) is 4.90 Å². The number of benzene rings is 2. The van der Waals surface area contributed by atoms with Crippen LogP contribution in [-0.2, 0) is 14.8 Å². The highest BCUT2D eigenvalue weighted by Gasteiger charge is 2.26. The molecule has 0 saturated heterocycles. The maximum Gasteiger partial charge on any atom is 0.326 e. The summed E-state index contributed by atoms with van der Waals surface area (Å²) in [6.07, 6.45) is 0. The molecule has 5 nitrogen and oxygen atoms in total. The predicted octanol–water partition coefficient (Wildman–Crippen LogP) is 2.86. The first kappa shape index (κ1) is 16.7. The molecule has 2 N–H and O–H groups in total. The number of sulfonamides is 1. The van der Waals surface area contributed by atoms with Crippen molar-refractivity contribution in [3.8, 4) is 0 Å². The van der Waals surface area contributed by atoms with E-state index in [1.807, 2.05) is 6.92 Å². The number of carboxylic acid groups (broad SMARTS) is 1. The quantitative estimate of drug-likeness (QED) is 0.831. The molecule has 2 rings (SSSR count). The molecule has 1 atom stereocenters. The number of carbonyl (C=O) groups is 1. The fourth-order valence-corrected chi connectivity index (χ4v) is 3.30. The first-order valence-corrected chi connectivity index (χ1v) is 8.64. The van der Waals surface area contributed by atoms with Crippen LogP contribution >= 0.6 is 15.9 Å². The van der Waals surface area contributed by atoms with Crippen molar-refractivity contribution < 1.29 is 18.3 Å². The highest BCUT2D eigenvalue weighted by atomic mass is 79.9. The first-order valence-electron chi connectivity index (χ1n) is 6.37. The van der Waals surface area contributed by atoms with E-state index < -0.39 is 22.0 Å². The van der Waals surface area contributed by atoms with E-state index in [0.29, 0.717) is 5.56 Å². The van der Waals surface area contributed by atoms with Gasteiger partial charge >= 0.3 is 5.97 Å². The monoisotopic (exact) mass is 383 g/mol. The van der Waals surface area contributed by atoms with Gasteiger partial charge in [0.05, 0.1) is 4.90 Å². The van der Waals surface area contributed by atoms with E-state index in [9.17, 15) is 18.3 Å². The van der Waals surface area contributed by atoms with Crippen LogP contribution in [0.2, 0.25) is 0 Å². The molecule has 0 aliphatic rings. The lowest BCUT2D eigenvalue weighted by atomic mass is 10.1. The van der Waals surface area contributed by atoms with Crippen molar-refractivity contribution in [2.24, 2.45) is 0 Å². The standard InChI is InChI=1S/C15H14BrNO4S/c1-10-2-8-13(9-3-10)22(20,21)17-14(15(18)19)11-4-6-12(16)7-5-11/h2-9,14,17H,1H3,(H,18,19). The summed E-state index contributed by atoms with van der Waals surface area (Å²) in [5.41, 5.74) is 1.27. The van der Waals surface area contributed by atoms with E-state index in [1.54, 1.807) is 36.4 Å². The van der Waals surface area contributed by atoms with Gasteiger partial charge in [0, 0.05) is 4.47 Å². The molecule has 0 bridgehead atoms. The van der Waals surface area contributed by atoms with Crippen LogP contribution in [0.4, 0.5) is 0 Å². The summed E-state index contributed by atoms with van der Waals surface area (Å²) in [6.45, 7) is 1.84. The lowest BCUT2D eigenvalue weighted by Gasteiger charge is -2.15. The zero-order valence-electron chi connectivity index (χ0n) is 11.7. The Morgan fingerprint density at radius 1 is 1.09 bits per heavy atom. The normalized spacial score (nSPS) is 12.8. The second kappa shape index (κ2) is 6.60. The zero-order chi connectivity index (χ0) is 16.3. The Bertz CT molecular complexity index is 770. The molecule has 22 heavy (non-hydrogen) atoms. The zero-order valence-corrected chi connectivity index (χ0v) is 14.1. The number of nitrogens with one attached hydrogen (secondary N) is 1. The SMILES string of the molecule is Cc1ccc(S(=O)(=O)NC(C(=O)O)c2ccc(Br)cc2)cc1. The number of rotatable bonds is 5. The van der Waals surface area contributed by atoms with Gasteiger partial charge in [-0.3, -0.25) is 4.79 Å². The summed E-state index contributed by atoms with van der Waals surface area (Å²) in [5.74, 6) is -1.27. The Labute approximate surface area is 137 Å². The molecule has 0 fully saturated rings. The molecule has 2 aromatic carbocycles. The van der Waals surface area contributed by atoms with Gasteiger partial charge in [0.25, 0.3) is 0 Å². The van der Waals surface area contributed by atoms with Gasteiger partial charge in [-0.2, -0.15) is 4.72 Å². The highest BCUT2D eigenvalue weighted by molar-refractivity contribution is 9.10. The third-order valence-electron chi connectivity index (χ3n) is 3.05. The van der Waals surface area contributed by atoms with Gasteiger partial charge in [0.2, 0.25) is 10.0 Å². The van der Waals surface area contributed by atoms with Crippen LogP contribution in [0.5, 0.6) is 0 Å². The number of hydrogen-bond acceptors (Lipinski definition) is 3. The van der Waals surface area contributed by atoms with Crippen LogP contribution < -0.4 is 4.72 Å². The van der Waals surface area contributed by atoms with Gasteiger partial charge < -0.3 is 5.11 Å². The van der Waals surface area contributed by atoms with Crippen LogP contribution in [-0.4, -0.2) is 19.5 Å². The van der Waals surface area contributed by atoms with Gasteiger partial charge in [0.1, 0.15) is 6.04 Å². The number of halogens is 1. The Kier molecular flexibility index (Phi) is 5.00. The van der Waals surface area contributed by atoms with E-state index in [2.05, 4.69) is 20.7 Å². The number of carboxylic acids is 1. The minimum absolute atomic E-state index is 0.0291. The van der Waals surface area contributed by atoms with Crippen molar-refractivity contribution in [3.05, 3.63) is 64.1 Å². The summed E-state index contributed by atoms with van der Waals surface area (Å²) in [7, 11) is -3.92. The van der Waals surface area contributed by atoms with Gasteiger partial charge in [0.15, 0.2) is 0 Å². The van der Waals surface area contributed by atoms with Crippen LogP contribution in [0.1, 0.15) is 17.2 Å². The van der Waals surface area contributed by atoms with Crippen molar-refractivity contribution >= 4 is 31.9 Å². The molecular formula is C15H14BrNO4S. The molecule has 0 aromatic heterocycles. The summed E-state index contributed by atoms with van der Waals surface area (Å²) in [5, 5.41) is 9.31. The largest absolute Gasteiger partial charge is 0.480 e. The number of aryl methyl sites for hydroxylation is 1. The molecule has 0 radical (unpaired) electrons. The van der Waals surface area contributed by atoms with Crippen LogP contribution in [0.25, 0.3) is 0 Å². The van der Waals surface area contributed by atoms with Gasteiger partial charge in [-0.25, -0.2) is 8.42 Å². The molecule has 0 amide bonds. The second-order valence-electron chi connectivity index (χ2n) is 4.76. The summed E-state index contributed by atoms with van der Waals surface area (Å²) >= 11 is 3.25.